The van der Waals surface area contributed by atoms with Crippen LogP contribution in [0.3, 0.4) is 0 Å². The SMILES string of the molecule is CC(C)C1CCCN(C(=O)N2CCCC2)CC1. The van der Waals surface area contributed by atoms with Crippen molar-refractivity contribution in [3.8, 4) is 0 Å². The zero-order chi connectivity index (χ0) is 12.3. The Balaban J connectivity index is 1.87. The first-order valence-electron chi connectivity index (χ1n) is 7.22. The van der Waals surface area contributed by atoms with Crippen LogP contribution in [0.25, 0.3) is 0 Å². The van der Waals surface area contributed by atoms with Gasteiger partial charge in [-0.1, -0.05) is 13.8 Å². The van der Waals surface area contributed by atoms with E-state index in [0.717, 1.165) is 38.0 Å². The summed E-state index contributed by atoms with van der Waals surface area (Å²) in [7, 11) is 0. The fraction of sp³-hybridized carbons (Fsp3) is 0.929. The van der Waals surface area contributed by atoms with Crippen LogP contribution in [0.1, 0.15) is 46.0 Å². The summed E-state index contributed by atoms with van der Waals surface area (Å²) in [5.41, 5.74) is 0. The molecule has 1 atom stereocenters. The van der Waals surface area contributed by atoms with Crippen LogP contribution >= 0.6 is 0 Å². The summed E-state index contributed by atoms with van der Waals surface area (Å²) in [6.45, 7) is 8.51. The molecule has 0 saturated carbocycles. The van der Waals surface area contributed by atoms with Gasteiger partial charge in [-0.2, -0.15) is 0 Å². The van der Waals surface area contributed by atoms with Gasteiger partial charge in [-0.3, -0.25) is 0 Å². The number of urea groups is 1. The van der Waals surface area contributed by atoms with Gasteiger partial charge in [-0.15, -0.1) is 0 Å². The third-order valence-corrected chi connectivity index (χ3v) is 4.36. The molecule has 2 heterocycles. The van der Waals surface area contributed by atoms with Gasteiger partial charge >= 0.3 is 6.03 Å². The Morgan fingerprint density at radius 2 is 1.53 bits per heavy atom. The second kappa shape index (κ2) is 5.74. The fourth-order valence-corrected chi connectivity index (χ4v) is 3.09. The molecule has 0 aliphatic carbocycles. The zero-order valence-electron chi connectivity index (χ0n) is 11.3. The van der Waals surface area contributed by atoms with E-state index in [2.05, 4.69) is 18.7 Å². The van der Waals surface area contributed by atoms with Crippen LogP contribution in [0.15, 0.2) is 0 Å². The maximum absolute atomic E-state index is 12.3. The summed E-state index contributed by atoms with van der Waals surface area (Å²) in [6.07, 6.45) is 6.05. The number of carbonyl (C=O) groups excluding carboxylic acids is 1. The molecule has 2 rings (SSSR count). The standard InChI is InChI=1S/C14H26N2O/c1-12(2)13-6-5-10-16(11-7-13)14(17)15-8-3-4-9-15/h12-13H,3-11H2,1-2H3. The lowest BCUT2D eigenvalue weighted by molar-refractivity contribution is 0.163. The molecule has 1 unspecified atom stereocenters. The Bertz CT molecular complexity index is 259. The van der Waals surface area contributed by atoms with Gasteiger partial charge in [0.2, 0.25) is 0 Å². The number of rotatable bonds is 1. The molecule has 0 N–H and O–H groups in total. The molecule has 3 nitrogen and oxygen atoms in total. The summed E-state index contributed by atoms with van der Waals surface area (Å²) in [5, 5.41) is 0. The number of likely N-dealkylation sites (tertiary alicyclic amines) is 2. The van der Waals surface area contributed by atoms with E-state index in [4.69, 9.17) is 0 Å². The molecule has 2 aliphatic rings. The van der Waals surface area contributed by atoms with Crippen molar-refractivity contribution in [3.05, 3.63) is 0 Å². The van der Waals surface area contributed by atoms with Gasteiger partial charge in [0.05, 0.1) is 0 Å². The van der Waals surface area contributed by atoms with Crippen molar-refractivity contribution in [1.29, 1.82) is 0 Å². The minimum absolute atomic E-state index is 0.298. The van der Waals surface area contributed by atoms with Gasteiger partial charge in [-0.05, 0) is 43.9 Å². The number of carbonyl (C=O) groups is 1. The Labute approximate surface area is 105 Å². The lowest BCUT2D eigenvalue weighted by atomic mass is 9.89. The van der Waals surface area contributed by atoms with E-state index in [0.29, 0.717) is 6.03 Å². The molecular weight excluding hydrogens is 212 g/mol. The van der Waals surface area contributed by atoms with E-state index in [1.165, 1.54) is 32.1 Å². The number of hydrogen-bond acceptors (Lipinski definition) is 1. The van der Waals surface area contributed by atoms with Crippen molar-refractivity contribution < 1.29 is 4.79 Å². The summed E-state index contributed by atoms with van der Waals surface area (Å²) in [5.74, 6) is 1.57. The molecule has 0 aromatic rings. The lowest BCUT2D eigenvalue weighted by Crippen LogP contribution is -2.42. The molecule has 2 amide bonds. The van der Waals surface area contributed by atoms with E-state index in [1.807, 2.05) is 4.90 Å². The largest absolute Gasteiger partial charge is 0.325 e. The van der Waals surface area contributed by atoms with Crippen LogP contribution in [-0.4, -0.2) is 42.0 Å². The normalized spacial score (nSPS) is 26.4. The molecule has 0 aromatic carbocycles. The lowest BCUT2D eigenvalue weighted by Gasteiger charge is -2.27. The van der Waals surface area contributed by atoms with Crippen molar-refractivity contribution in [2.24, 2.45) is 11.8 Å². The van der Waals surface area contributed by atoms with Crippen molar-refractivity contribution in [2.45, 2.75) is 46.0 Å². The summed E-state index contributed by atoms with van der Waals surface area (Å²) in [6, 6.07) is 0.298. The molecule has 2 saturated heterocycles. The van der Waals surface area contributed by atoms with E-state index in [1.54, 1.807) is 0 Å². The average molecular weight is 238 g/mol. The number of nitrogens with zero attached hydrogens (tertiary/aromatic N) is 2. The van der Waals surface area contributed by atoms with Crippen molar-refractivity contribution >= 4 is 6.03 Å². The van der Waals surface area contributed by atoms with Crippen LogP contribution in [0.2, 0.25) is 0 Å². The highest BCUT2D eigenvalue weighted by Gasteiger charge is 2.26. The van der Waals surface area contributed by atoms with Crippen molar-refractivity contribution in [2.75, 3.05) is 26.2 Å². The van der Waals surface area contributed by atoms with Crippen LogP contribution in [-0.2, 0) is 0 Å². The van der Waals surface area contributed by atoms with E-state index in [-0.39, 0.29) is 0 Å². The second-order valence-corrected chi connectivity index (χ2v) is 5.90. The minimum Gasteiger partial charge on any atom is -0.325 e. The third-order valence-electron chi connectivity index (χ3n) is 4.36. The maximum atomic E-state index is 12.3. The molecular formula is C14H26N2O. The molecule has 0 bridgehead atoms. The predicted octanol–water partition coefficient (Wildman–Crippen LogP) is 2.96. The molecule has 98 valence electrons. The van der Waals surface area contributed by atoms with Crippen LogP contribution in [0, 0.1) is 11.8 Å². The molecule has 0 radical (unpaired) electrons. The third kappa shape index (κ3) is 3.14. The van der Waals surface area contributed by atoms with Gasteiger partial charge in [0.1, 0.15) is 0 Å². The van der Waals surface area contributed by atoms with Gasteiger partial charge in [0.15, 0.2) is 0 Å². The van der Waals surface area contributed by atoms with Crippen LogP contribution in [0.5, 0.6) is 0 Å². The number of amides is 2. The van der Waals surface area contributed by atoms with E-state index in [9.17, 15) is 4.79 Å². The number of hydrogen-bond donors (Lipinski definition) is 0. The predicted molar refractivity (Wildman–Crippen MR) is 70.0 cm³/mol. The molecule has 0 spiro atoms. The highest BCUT2D eigenvalue weighted by Crippen LogP contribution is 2.25. The monoisotopic (exact) mass is 238 g/mol. The zero-order valence-corrected chi connectivity index (χ0v) is 11.3. The van der Waals surface area contributed by atoms with Crippen molar-refractivity contribution in [1.82, 2.24) is 9.80 Å². The second-order valence-electron chi connectivity index (χ2n) is 5.90. The van der Waals surface area contributed by atoms with Crippen LogP contribution in [0.4, 0.5) is 4.79 Å². The van der Waals surface area contributed by atoms with E-state index < -0.39 is 0 Å². The summed E-state index contributed by atoms with van der Waals surface area (Å²) < 4.78 is 0. The van der Waals surface area contributed by atoms with E-state index >= 15 is 0 Å². The highest BCUT2D eigenvalue weighted by atomic mass is 16.2. The fourth-order valence-electron chi connectivity index (χ4n) is 3.09. The quantitative estimate of drug-likeness (QED) is 0.689. The Hall–Kier alpha value is -0.730. The van der Waals surface area contributed by atoms with Gasteiger partial charge in [0, 0.05) is 26.2 Å². The maximum Gasteiger partial charge on any atom is 0.319 e. The Morgan fingerprint density at radius 1 is 0.941 bits per heavy atom. The highest BCUT2D eigenvalue weighted by molar-refractivity contribution is 5.74. The topological polar surface area (TPSA) is 23.6 Å². The Morgan fingerprint density at radius 3 is 2.18 bits per heavy atom. The molecule has 2 aliphatic heterocycles. The summed E-state index contributed by atoms with van der Waals surface area (Å²) >= 11 is 0. The molecule has 17 heavy (non-hydrogen) atoms. The van der Waals surface area contributed by atoms with Gasteiger partial charge in [0.25, 0.3) is 0 Å². The first kappa shape index (κ1) is 12.7. The van der Waals surface area contributed by atoms with Gasteiger partial charge < -0.3 is 9.80 Å². The summed E-state index contributed by atoms with van der Waals surface area (Å²) in [4.78, 5) is 16.4. The van der Waals surface area contributed by atoms with Gasteiger partial charge in [-0.25, -0.2) is 4.79 Å². The molecule has 2 fully saturated rings. The first-order valence-corrected chi connectivity index (χ1v) is 7.22. The van der Waals surface area contributed by atoms with Crippen LogP contribution < -0.4 is 0 Å². The molecule has 3 heteroatoms. The minimum atomic E-state index is 0.298. The Kier molecular flexibility index (Phi) is 4.30. The average Bonchev–Trinajstić information content (AvgIpc) is 2.71. The van der Waals surface area contributed by atoms with Crippen molar-refractivity contribution in [3.63, 3.8) is 0 Å². The molecule has 0 aromatic heterocycles. The smallest absolute Gasteiger partial charge is 0.319 e. The first-order chi connectivity index (χ1) is 8.18.